The number of rotatable bonds is 2. The lowest BCUT2D eigenvalue weighted by Crippen LogP contribution is -2.42. The van der Waals surface area contributed by atoms with Crippen LogP contribution in [0.25, 0.3) is 0 Å². The first kappa shape index (κ1) is 10.9. The summed E-state index contributed by atoms with van der Waals surface area (Å²) in [5.74, 6) is 0. The van der Waals surface area contributed by atoms with Crippen molar-refractivity contribution in [1.29, 1.82) is 0 Å². The van der Waals surface area contributed by atoms with E-state index in [0.717, 1.165) is 0 Å². The predicted molar refractivity (Wildman–Crippen MR) is 46.9 cm³/mol. The molecule has 4 heteroatoms. The highest BCUT2D eigenvalue weighted by Gasteiger charge is 2.28. The fourth-order valence-electron chi connectivity index (χ4n) is 0.487. The Labute approximate surface area is 69.2 Å². The Kier molecular flexibility index (Phi) is 3.08. The van der Waals surface area contributed by atoms with Gasteiger partial charge in [0, 0.05) is 6.04 Å². The van der Waals surface area contributed by atoms with Crippen LogP contribution in [0.15, 0.2) is 0 Å². The first-order valence-corrected chi connectivity index (χ1v) is 5.17. The van der Waals surface area contributed by atoms with Crippen LogP contribution in [0.4, 0.5) is 0 Å². The maximum absolute atomic E-state index is 11.4. The van der Waals surface area contributed by atoms with Gasteiger partial charge in [0.2, 0.25) is 10.0 Å². The molecule has 0 spiro atoms. The van der Waals surface area contributed by atoms with Gasteiger partial charge in [0.15, 0.2) is 0 Å². The lowest BCUT2D eigenvalue weighted by Gasteiger charge is -2.21. The van der Waals surface area contributed by atoms with E-state index < -0.39 is 14.8 Å². The fourth-order valence-corrected chi connectivity index (χ4v) is 1.46. The van der Waals surface area contributed by atoms with Gasteiger partial charge in [-0.3, -0.25) is 0 Å². The van der Waals surface area contributed by atoms with Gasteiger partial charge >= 0.3 is 0 Å². The summed E-state index contributed by atoms with van der Waals surface area (Å²) in [4.78, 5) is 0. The Hall–Kier alpha value is -0.0900. The minimum Gasteiger partial charge on any atom is -0.212 e. The van der Waals surface area contributed by atoms with Crippen LogP contribution < -0.4 is 4.72 Å². The van der Waals surface area contributed by atoms with Crippen LogP contribution in [-0.2, 0) is 10.0 Å². The van der Waals surface area contributed by atoms with Gasteiger partial charge in [-0.05, 0) is 34.6 Å². The molecule has 0 unspecified atom stereocenters. The van der Waals surface area contributed by atoms with E-state index in [4.69, 9.17) is 0 Å². The van der Waals surface area contributed by atoms with Crippen molar-refractivity contribution in [2.45, 2.75) is 45.4 Å². The molecule has 3 nitrogen and oxygen atoms in total. The first-order valence-electron chi connectivity index (χ1n) is 3.68. The van der Waals surface area contributed by atoms with Crippen molar-refractivity contribution in [2.75, 3.05) is 0 Å². The fraction of sp³-hybridized carbons (Fsp3) is 1.00. The molecule has 0 saturated heterocycles. The van der Waals surface area contributed by atoms with E-state index in [1.54, 1.807) is 20.8 Å². The molecule has 0 rings (SSSR count). The zero-order valence-electron chi connectivity index (χ0n) is 7.80. The SMILES string of the molecule is CC(C)NS(=O)(=O)C(C)(C)C. The van der Waals surface area contributed by atoms with E-state index in [2.05, 4.69) is 4.72 Å². The second kappa shape index (κ2) is 3.11. The van der Waals surface area contributed by atoms with Crippen molar-refractivity contribution in [3.8, 4) is 0 Å². The molecule has 0 aliphatic heterocycles. The molecule has 0 radical (unpaired) electrons. The standard InChI is InChI=1S/C7H17NO2S/c1-6(2)8-11(9,10)7(3,4)5/h6,8H,1-5H3. The molecule has 0 aliphatic carbocycles. The van der Waals surface area contributed by atoms with Crippen LogP contribution in [0, 0.1) is 0 Å². The third kappa shape index (κ3) is 3.20. The molecule has 11 heavy (non-hydrogen) atoms. The monoisotopic (exact) mass is 179 g/mol. The maximum Gasteiger partial charge on any atom is 0.216 e. The Morgan fingerprint density at radius 3 is 1.64 bits per heavy atom. The second-order valence-electron chi connectivity index (χ2n) is 3.89. The highest BCUT2D eigenvalue weighted by atomic mass is 32.2. The molecule has 0 aromatic rings. The zero-order valence-corrected chi connectivity index (χ0v) is 8.62. The van der Waals surface area contributed by atoms with E-state index in [1.165, 1.54) is 0 Å². The van der Waals surface area contributed by atoms with Crippen LogP contribution in [-0.4, -0.2) is 19.2 Å². The summed E-state index contributed by atoms with van der Waals surface area (Å²) in [7, 11) is -3.15. The van der Waals surface area contributed by atoms with E-state index in [-0.39, 0.29) is 6.04 Å². The van der Waals surface area contributed by atoms with E-state index in [9.17, 15) is 8.42 Å². The zero-order chi connectivity index (χ0) is 9.28. The lowest BCUT2D eigenvalue weighted by atomic mass is 10.3. The van der Waals surface area contributed by atoms with Crippen molar-refractivity contribution in [3.63, 3.8) is 0 Å². The number of sulfonamides is 1. The Morgan fingerprint density at radius 2 is 1.55 bits per heavy atom. The predicted octanol–water partition coefficient (Wildman–Crippen LogP) is 1.11. The average molecular weight is 179 g/mol. The smallest absolute Gasteiger partial charge is 0.212 e. The molecule has 0 aromatic heterocycles. The highest BCUT2D eigenvalue weighted by molar-refractivity contribution is 7.90. The molecule has 68 valence electrons. The van der Waals surface area contributed by atoms with E-state index >= 15 is 0 Å². The molecule has 0 aliphatic rings. The normalized spacial score (nSPS) is 14.0. The summed E-state index contributed by atoms with van der Waals surface area (Å²) in [6, 6.07) is -0.0285. The largest absolute Gasteiger partial charge is 0.216 e. The van der Waals surface area contributed by atoms with Crippen molar-refractivity contribution >= 4 is 10.0 Å². The minimum atomic E-state index is -3.15. The number of hydrogen-bond donors (Lipinski definition) is 1. The van der Waals surface area contributed by atoms with Gasteiger partial charge in [-0.2, -0.15) is 0 Å². The molecule has 0 aromatic carbocycles. The van der Waals surface area contributed by atoms with Crippen molar-refractivity contribution in [1.82, 2.24) is 4.72 Å². The Balaban J connectivity index is 4.51. The molecular formula is C7H17NO2S. The van der Waals surface area contributed by atoms with Gasteiger partial charge < -0.3 is 0 Å². The van der Waals surface area contributed by atoms with Gasteiger partial charge in [-0.1, -0.05) is 0 Å². The Bertz CT molecular complexity index is 211. The highest BCUT2D eigenvalue weighted by Crippen LogP contribution is 2.13. The van der Waals surface area contributed by atoms with Gasteiger partial charge in [-0.15, -0.1) is 0 Å². The Morgan fingerprint density at radius 1 is 1.18 bits per heavy atom. The minimum absolute atomic E-state index is 0.0285. The van der Waals surface area contributed by atoms with Crippen LogP contribution in [0.3, 0.4) is 0 Å². The second-order valence-corrected chi connectivity index (χ2v) is 6.36. The summed E-state index contributed by atoms with van der Waals surface area (Å²) in [5.41, 5.74) is 0. The molecule has 0 amide bonds. The van der Waals surface area contributed by atoms with Crippen LogP contribution in [0.5, 0.6) is 0 Å². The van der Waals surface area contributed by atoms with Crippen LogP contribution in [0.2, 0.25) is 0 Å². The third-order valence-corrected chi connectivity index (χ3v) is 3.59. The van der Waals surface area contributed by atoms with Gasteiger partial charge in [-0.25, -0.2) is 13.1 Å². The summed E-state index contributed by atoms with van der Waals surface area (Å²) >= 11 is 0. The summed E-state index contributed by atoms with van der Waals surface area (Å²) in [6.07, 6.45) is 0. The van der Waals surface area contributed by atoms with E-state index in [0.29, 0.717) is 0 Å². The van der Waals surface area contributed by atoms with Crippen molar-refractivity contribution in [2.24, 2.45) is 0 Å². The molecule has 0 heterocycles. The summed E-state index contributed by atoms with van der Waals surface area (Å²) in [6.45, 7) is 8.65. The van der Waals surface area contributed by atoms with E-state index in [1.807, 2.05) is 13.8 Å². The molecular weight excluding hydrogens is 162 g/mol. The molecule has 0 saturated carbocycles. The van der Waals surface area contributed by atoms with Crippen LogP contribution >= 0.6 is 0 Å². The van der Waals surface area contributed by atoms with Crippen LogP contribution in [0.1, 0.15) is 34.6 Å². The molecule has 1 N–H and O–H groups in total. The summed E-state index contributed by atoms with van der Waals surface area (Å²) in [5, 5.41) is 0. The maximum atomic E-state index is 11.4. The molecule has 0 bridgehead atoms. The third-order valence-electron chi connectivity index (χ3n) is 1.20. The average Bonchev–Trinajstić information content (AvgIpc) is 1.56. The lowest BCUT2D eigenvalue weighted by molar-refractivity contribution is 0.534. The number of nitrogens with one attached hydrogen (secondary N) is 1. The quantitative estimate of drug-likeness (QED) is 0.690. The topological polar surface area (TPSA) is 46.2 Å². The van der Waals surface area contributed by atoms with Crippen molar-refractivity contribution in [3.05, 3.63) is 0 Å². The number of hydrogen-bond acceptors (Lipinski definition) is 2. The van der Waals surface area contributed by atoms with Crippen molar-refractivity contribution < 1.29 is 8.42 Å². The summed E-state index contributed by atoms with van der Waals surface area (Å²) < 4.78 is 24.5. The van der Waals surface area contributed by atoms with Gasteiger partial charge in [0.05, 0.1) is 4.75 Å². The van der Waals surface area contributed by atoms with Gasteiger partial charge in [0.25, 0.3) is 0 Å². The molecule has 0 atom stereocenters. The van der Waals surface area contributed by atoms with Gasteiger partial charge in [0.1, 0.15) is 0 Å². The molecule has 0 fully saturated rings. The first-order chi connectivity index (χ1) is 4.67.